The van der Waals surface area contributed by atoms with Crippen molar-refractivity contribution in [2.45, 2.75) is 25.4 Å². The molecular formula is C15H18N2O4. The summed E-state index contributed by atoms with van der Waals surface area (Å²) in [5.41, 5.74) is 0.101. The summed E-state index contributed by atoms with van der Waals surface area (Å²) in [6.45, 7) is 0.838. The Morgan fingerprint density at radius 2 is 2.05 bits per heavy atom. The average Bonchev–Trinajstić information content (AvgIpc) is 2.86. The molecule has 1 amide bonds. The minimum atomic E-state index is -1.95. The highest BCUT2D eigenvalue weighted by Crippen LogP contribution is 2.18. The van der Waals surface area contributed by atoms with Gasteiger partial charge in [0.25, 0.3) is 0 Å². The Balaban J connectivity index is 1.88. The van der Waals surface area contributed by atoms with E-state index in [1.807, 2.05) is 30.5 Å². The van der Waals surface area contributed by atoms with E-state index in [9.17, 15) is 14.7 Å². The Morgan fingerprint density at radius 1 is 1.33 bits per heavy atom. The van der Waals surface area contributed by atoms with Crippen LogP contribution in [0.4, 0.5) is 0 Å². The van der Waals surface area contributed by atoms with E-state index < -0.39 is 11.6 Å². The number of carbonyl (C=O) groups excluding carboxylic acids is 1. The Kier molecular flexibility index (Phi) is 4.28. The van der Waals surface area contributed by atoms with E-state index in [0.717, 1.165) is 23.4 Å². The van der Waals surface area contributed by atoms with Crippen LogP contribution in [0.1, 0.15) is 18.9 Å². The summed E-state index contributed by atoms with van der Waals surface area (Å²) in [6.07, 6.45) is 2.65. The fourth-order valence-electron chi connectivity index (χ4n) is 2.02. The summed E-state index contributed by atoms with van der Waals surface area (Å²) in [4.78, 5) is 25.6. The van der Waals surface area contributed by atoms with Crippen LogP contribution in [0.5, 0.6) is 0 Å². The Hall–Kier alpha value is -2.34. The lowest BCUT2D eigenvalue weighted by atomic mass is 10.1. The second-order valence-electron chi connectivity index (χ2n) is 5.22. The van der Waals surface area contributed by atoms with Gasteiger partial charge in [-0.2, -0.15) is 0 Å². The largest absolute Gasteiger partial charge is 0.479 e. The van der Waals surface area contributed by atoms with Gasteiger partial charge in [0.15, 0.2) is 5.60 Å². The number of carbonyl (C=O) groups is 2. The highest BCUT2D eigenvalue weighted by Gasteiger charge is 2.30. The molecule has 0 saturated heterocycles. The molecule has 112 valence electrons. The molecule has 6 heteroatoms. The van der Waals surface area contributed by atoms with Crippen molar-refractivity contribution in [3.8, 4) is 0 Å². The number of amides is 1. The van der Waals surface area contributed by atoms with Gasteiger partial charge in [0.1, 0.15) is 0 Å². The maximum absolute atomic E-state index is 11.7. The summed E-state index contributed by atoms with van der Waals surface area (Å²) in [5, 5.41) is 21.8. The second kappa shape index (κ2) is 5.97. The molecule has 4 N–H and O–H groups in total. The number of H-pyrrole nitrogens is 1. The number of nitrogens with one attached hydrogen (secondary N) is 2. The molecule has 0 saturated carbocycles. The first-order chi connectivity index (χ1) is 9.90. The van der Waals surface area contributed by atoms with Gasteiger partial charge in [-0.15, -0.1) is 0 Å². The van der Waals surface area contributed by atoms with E-state index in [4.69, 9.17) is 5.11 Å². The van der Waals surface area contributed by atoms with Gasteiger partial charge in [-0.1, -0.05) is 18.2 Å². The number of aryl methyl sites for hydroxylation is 1. The molecule has 1 atom stereocenters. The predicted octanol–water partition coefficient (Wildman–Crippen LogP) is 1.05. The van der Waals surface area contributed by atoms with Gasteiger partial charge >= 0.3 is 5.97 Å². The lowest BCUT2D eigenvalue weighted by Gasteiger charge is -2.18. The number of aromatic nitrogens is 1. The fraction of sp³-hybridized carbons (Fsp3) is 0.333. The molecule has 1 aromatic carbocycles. The number of carboxylic acid groups (broad SMARTS) is 1. The van der Waals surface area contributed by atoms with Gasteiger partial charge in [0.2, 0.25) is 5.91 Å². The third-order valence-electron chi connectivity index (χ3n) is 3.39. The van der Waals surface area contributed by atoms with E-state index in [0.29, 0.717) is 6.42 Å². The molecule has 6 nitrogen and oxygen atoms in total. The highest BCUT2D eigenvalue weighted by molar-refractivity contribution is 5.84. The molecule has 0 bridgehead atoms. The lowest BCUT2D eigenvalue weighted by molar-refractivity contribution is -0.156. The van der Waals surface area contributed by atoms with Crippen molar-refractivity contribution in [3.05, 3.63) is 36.0 Å². The molecule has 0 radical (unpaired) electrons. The summed E-state index contributed by atoms with van der Waals surface area (Å²) in [7, 11) is 0. The Labute approximate surface area is 121 Å². The van der Waals surface area contributed by atoms with Crippen LogP contribution in [0.25, 0.3) is 10.9 Å². The number of fused-ring (bicyclic) bond motifs is 1. The molecule has 0 aliphatic carbocycles. The number of aromatic amines is 1. The zero-order chi connectivity index (χ0) is 15.5. The quantitative estimate of drug-likeness (QED) is 0.638. The topological polar surface area (TPSA) is 102 Å². The molecule has 2 aromatic rings. The Bertz CT molecular complexity index is 660. The van der Waals surface area contributed by atoms with Crippen LogP contribution in [0.2, 0.25) is 0 Å². The van der Waals surface area contributed by atoms with Crippen LogP contribution < -0.4 is 5.32 Å². The van der Waals surface area contributed by atoms with Crippen LogP contribution in [0.15, 0.2) is 30.5 Å². The van der Waals surface area contributed by atoms with Crippen LogP contribution in [0, 0.1) is 0 Å². The maximum Gasteiger partial charge on any atom is 0.337 e. The number of carboxylic acids is 1. The number of hydrogen-bond acceptors (Lipinski definition) is 3. The van der Waals surface area contributed by atoms with Gasteiger partial charge in [-0.25, -0.2) is 4.79 Å². The van der Waals surface area contributed by atoms with Crippen molar-refractivity contribution in [1.29, 1.82) is 0 Å². The fourth-order valence-corrected chi connectivity index (χ4v) is 2.02. The van der Waals surface area contributed by atoms with Crippen molar-refractivity contribution in [2.75, 3.05) is 6.54 Å². The summed E-state index contributed by atoms with van der Waals surface area (Å²) < 4.78 is 0. The van der Waals surface area contributed by atoms with E-state index in [1.165, 1.54) is 0 Å². The third kappa shape index (κ3) is 3.61. The summed E-state index contributed by atoms with van der Waals surface area (Å²) in [6, 6.07) is 7.81. The number of benzene rings is 1. The van der Waals surface area contributed by atoms with E-state index in [-0.39, 0.29) is 18.9 Å². The number of para-hydroxylation sites is 1. The number of aliphatic carboxylic acids is 1. The van der Waals surface area contributed by atoms with Crippen LogP contribution in [-0.2, 0) is 16.0 Å². The lowest BCUT2D eigenvalue weighted by Crippen LogP contribution is -2.46. The van der Waals surface area contributed by atoms with Gasteiger partial charge in [-0.05, 0) is 25.0 Å². The Morgan fingerprint density at radius 3 is 2.76 bits per heavy atom. The summed E-state index contributed by atoms with van der Waals surface area (Å²) in [5.74, 6) is -1.65. The van der Waals surface area contributed by atoms with E-state index in [1.54, 1.807) is 0 Å². The van der Waals surface area contributed by atoms with E-state index in [2.05, 4.69) is 10.3 Å². The SMILES string of the molecule is CC(O)(CNC(=O)CCc1c[nH]c2ccccc12)C(=O)O. The van der Waals surface area contributed by atoms with Gasteiger partial charge in [0, 0.05) is 23.5 Å². The number of aliphatic hydroxyl groups is 1. The minimum absolute atomic E-state index is 0.234. The van der Waals surface area contributed by atoms with Crippen molar-refractivity contribution in [1.82, 2.24) is 10.3 Å². The molecule has 0 aliphatic heterocycles. The second-order valence-corrected chi connectivity index (χ2v) is 5.22. The monoisotopic (exact) mass is 290 g/mol. The van der Waals surface area contributed by atoms with Crippen molar-refractivity contribution >= 4 is 22.8 Å². The molecule has 2 rings (SSSR count). The number of rotatable bonds is 6. The van der Waals surface area contributed by atoms with Crippen molar-refractivity contribution in [3.63, 3.8) is 0 Å². The molecule has 21 heavy (non-hydrogen) atoms. The van der Waals surface area contributed by atoms with Gasteiger partial charge in [0.05, 0.1) is 6.54 Å². The smallest absolute Gasteiger partial charge is 0.337 e. The van der Waals surface area contributed by atoms with Crippen LogP contribution in [-0.4, -0.2) is 39.2 Å². The molecular weight excluding hydrogens is 272 g/mol. The normalized spacial score (nSPS) is 13.8. The first kappa shape index (κ1) is 15.1. The highest BCUT2D eigenvalue weighted by atomic mass is 16.4. The third-order valence-corrected chi connectivity index (χ3v) is 3.39. The zero-order valence-corrected chi connectivity index (χ0v) is 11.7. The van der Waals surface area contributed by atoms with Crippen molar-refractivity contribution < 1.29 is 19.8 Å². The molecule has 0 aliphatic rings. The molecule has 0 spiro atoms. The van der Waals surface area contributed by atoms with Crippen LogP contribution in [0.3, 0.4) is 0 Å². The first-order valence-corrected chi connectivity index (χ1v) is 6.67. The molecule has 1 heterocycles. The van der Waals surface area contributed by atoms with Gasteiger partial charge in [-0.3, -0.25) is 4.79 Å². The number of hydrogen-bond donors (Lipinski definition) is 4. The molecule has 0 fully saturated rings. The zero-order valence-electron chi connectivity index (χ0n) is 11.7. The van der Waals surface area contributed by atoms with Crippen molar-refractivity contribution in [2.24, 2.45) is 0 Å². The summed E-state index contributed by atoms with van der Waals surface area (Å²) >= 11 is 0. The van der Waals surface area contributed by atoms with E-state index >= 15 is 0 Å². The van der Waals surface area contributed by atoms with Gasteiger partial charge < -0.3 is 20.5 Å². The standard InChI is InChI=1S/C15H18N2O4/c1-15(21,14(19)20)9-17-13(18)7-6-10-8-16-12-5-3-2-4-11(10)12/h2-5,8,16,21H,6-7,9H2,1H3,(H,17,18)(H,19,20). The van der Waals surface area contributed by atoms with Crippen LogP contribution >= 0.6 is 0 Å². The minimum Gasteiger partial charge on any atom is -0.479 e. The maximum atomic E-state index is 11.7. The average molecular weight is 290 g/mol. The predicted molar refractivity (Wildman–Crippen MR) is 77.9 cm³/mol. The first-order valence-electron chi connectivity index (χ1n) is 6.67. The molecule has 1 aromatic heterocycles. The molecule has 1 unspecified atom stereocenters.